The number of hydrazine groups is 1. The molecule has 0 aliphatic heterocycles. The third-order valence-corrected chi connectivity index (χ3v) is 2.11. The first-order valence-electron chi connectivity index (χ1n) is 4.63. The van der Waals surface area contributed by atoms with E-state index in [9.17, 15) is 27.2 Å². The Morgan fingerprint density at radius 2 is 1.40 bits per heavy atom. The first-order chi connectivity index (χ1) is 9.18. The number of amides is 1. The highest BCUT2D eigenvalue weighted by atomic mass is 32.1. The van der Waals surface area contributed by atoms with E-state index in [2.05, 4.69) is 12.2 Å². The van der Waals surface area contributed by atoms with Crippen LogP contribution in [0.1, 0.15) is 20.7 Å². The normalized spacial score (nSPS) is 10.0. The molecule has 0 spiro atoms. The lowest BCUT2D eigenvalue weighted by Crippen LogP contribution is -2.45. The highest BCUT2D eigenvalue weighted by Gasteiger charge is 2.32. The first kappa shape index (κ1) is 15.6. The van der Waals surface area contributed by atoms with Gasteiger partial charge in [0.05, 0.1) is 5.56 Å². The molecule has 1 aromatic rings. The van der Waals surface area contributed by atoms with Gasteiger partial charge in [0.25, 0.3) is 5.91 Å². The second-order valence-corrected chi connectivity index (χ2v) is 3.69. The zero-order chi connectivity index (χ0) is 15.6. The lowest BCUT2D eigenvalue weighted by molar-refractivity contribution is 0.0682. The molecule has 0 radical (unpaired) electrons. The fourth-order valence-electron chi connectivity index (χ4n) is 1.23. The van der Waals surface area contributed by atoms with Crippen molar-refractivity contribution in [3.8, 4) is 0 Å². The van der Waals surface area contributed by atoms with E-state index in [1.165, 1.54) is 0 Å². The molecule has 0 heterocycles. The molecule has 0 aliphatic carbocycles. The van der Waals surface area contributed by atoms with Crippen molar-refractivity contribution in [1.29, 1.82) is 0 Å². The van der Waals surface area contributed by atoms with Crippen molar-refractivity contribution in [1.82, 2.24) is 10.9 Å². The summed E-state index contributed by atoms with van der Waals surface area (Å²) in [6.07, 6.45) is 0. The molecule has 6 nitrogen and oxygen atoms in total. The number of carboxylic acid groups (broad SMARTS) is 1. The molecular weight excluding hydrogens is 306 g/mol. The molecule has 1 aromatic carbocycles. The predicted molar refractivity (Wildman–Crippen MR) is 60.6 cm³/mol. The number of aromatic carboxylic acids is 1. The lowest BCUT2D eigenvalue weighted by atomic mass is 10.0. The molecule has 0 fully saturated rings. The van der Waals surface area contributed by atoms with Crippen LogP contribution < -0.4 is 16.6 Å². The molecule has 108 valence electrons. The Hall–Kier alpha value is -2.43. The highest BCUT2D eigenvalue weighted by Crippen LogP contribution is 2.24. The van der Waals surface area contributed by atoms with Crippen molar-refractivity contribution < 1.29 is 32.3 Å². The summed E-state index contributed by atoms with van der Waals surface area (Å²) in [4.78, 5) is 22.2. The van der Waals surface area contributed by atoms with Crippen LogP contribution in [0, 0.1) is 23.3 Å². The van der Waals surface area contributed by atoms with Crippen LogP contribution in [0.15, 0.2) is 0 Å². The maximum atomic E-state index is 13.4. The van der Waals surface area contributed by atoms with Crippen molar-refractivity contribution in [3.05, 3.63) is 34.4 Å². The Balaban J connectivity index is 3.48. The van der Waals surface area contributed by atoms with Gasteiger partial charge in [0.1, 0.15) is 5.56 Å². The van der Waals surface area contributed by atoms with Gasteiger partial charge in [-0.1, -0.05) is 0 Å². The van der Waals surface area contributed by atoms with Gasteiger partial charge in [0.15, 0.2) is 28.4 Å². The van der Waals surface area contributed by atoms with E-state index < -0.39 is 51.4 Å². The third-order valence-electron chi connectivity index (χ3n) is 2.01. The summed E-state index contributed by atoms with van der Waals surface area (Å²) < 4.78 is 52.7. The van der Waals surface area contributed by atoms with Gasteiger partial charge < -0.3 is 10.8 Å². The number of nitrogens with one attached hydrogen (secondary N) is 2. The SMILES string of the molecule is NC(=S)NNC(=O)c1c(F)c(F)c(F)c(F)c1C(=O)O. The number of nitrogens with two attached hydrogens (primary N) is 1. The number of carboxylic acids is 1. The quantitative estimate of drug-likeness (QED) is 0.207. The molecule has 0 unspecified atom stereocenters. The first-order valence-corrected chi connectivity index (χ1v) is 5.04. The van der Waals surface area contributed by atoms with Crippen molar-refractivity contribution in [3.63, 3.8) is 0 Å². The second kappa shape index (κ2) is 5.69. The molecule has 5 N–H and O–H groups in total. The van der Waals surface area contributed by atoms with E-state index in [0.717, 1.165) is 0 Å². The minimum atomic E-state index is -2.35. The summed E-state index contributed by atoms with van der Waals surface area (Å²) in [5.41, 5.74) is 5.12. The van der Waals surface area contributed by atoms with Crippen LogP contribution in [0.25, 0.3) is 0 Å². The van der Waals surface area contributed by atoms with E-state index >= 15 is 0 Å². The zero-order valence-corrected chi connectivity index (χ0v) is 10.1. The number of hydrogen-bond donors (Lipinski definition) is 4. The molecule has 0 saturated carbocycles. The third kappa shape index (κ3) is 2.77. The maximum Gasteiger partial charge on any atom is 0.339 e. The molecule has 0 aliphatic rings. The Kier molecular flexibility index (Phi) is 4.45. The Bertz CT molecular complexity index is 623. The van der Waals surface area contributed by atoms with Gasteiger partial charge >= 0.3 is 5.97 Å². The standard InChI is InChI=1S/C9H5F4N3O3S/c10-3-1(7(17)15-16-9(14)20)2(8(18)19)4(11)6(13)5(3)12/h(H,15,17)(H,18,19)(H3,14,16,20). The number of hydrogen-bond acceptors (Lipinski definition) is 3. The van der Waals surface area contributed by atoms with Crippen LogP contribution in [0.2, 0.25) is 0 Å². The van der Waals surface area contributed by atoms with Gasteiger partial charge in [-0.15, -0.1) is 0 Å². The van der Waals surface area contributed by atoms with Gasteiger partial charge in [-0.05, 0) is 12.2 Å². The fraction of sp³-hybridized carbons (Fsp3) is 0. The minimum Gasteiger partial charge on any atom is -0.478 e. The fourth-order valence-corrected chi connectivity index (χ4v) is 1.28. The van der Waals surface area contributed by atoms with Crippen molar-refractivity contribution in [2.24, 2.45) is 5.73 Å². The van der Waals surface area contributed by atoms with Crippen LogP contribution in [-0.4, -0.2) is 22.1 Å². The van der Waals surface area contributed by atoms with Crippen molar-refractivity contribution in [2.45, 2.75) is 0 Å². The largest absolute Gasteiger partial charge is 0.478 e. The van der Waals surface area contributed by atoms with Gasteiger partial charge in [-0.25, -0.2) is 22.4 Å². The van der Waals surface area contributed by atoms with E-state index in [0.29, 0.717) is 0 Å². The summed E-state index contributed by atoms with van der Waals surface area (Å²) >= 11 is 4.29. The Labute approximate surface area is 113 Å². The van der Waals surface area contributed by atoms with E-state index in [1.807, 2.05) is 0 Å². The van der Waals surface area contributed by atoms with Crippen molar-refractivity contribution >= 4 is 29.2 Å². The molecular formula is C9H5F4N3O3S. The number of thiocarbonyl (C=S) groups is 1. The minimum absolute atomic E-state index is 0.487. The average molecular weight is 311 g/mol. The number of carbonyl (C=O) groups is 2. The summed E-state index contributed by atoms with van der Waals surface area (Å²) in [5.74, 6) is -12.8. The molecule has 0 atom stereocenters. The lowest BCUT2D eigenvalue weighted by Gasteiger charge is -2.11. The van der Waals surface area contributed by atoms with Gasteiger partial charge in [0.2, 0.25) is 0 Å². The van der Waals surface area contributed by atoms with Crippen LogP contribution in [0.3, 0.4) is 0 Å². The molecule has 1 amide bonds. The summed E-state index contributed by atoms with van der Waals surface area (Å²) in [5, 5.41) is 8.18. The predicted octanol–water partition coefficient (Wildman–Crippen LogP) is 0.419. The maximum absolute atomic E-state index is 13.4. The van der Waals surface area contributed by atoms with Crippen LogP contribution in [0.4, 0.5) is 17.6 Å². The smallest absolute Gasteiger partial charge is 0.339 e. The van der Waals surface area contributed by atoms with E-state index in [4.69, 9.17) is 10.8 Å². The Morgan fingerprint density at radius 3 is 1.80 bits per heavy atom. The number of halogens is 4. The van der Waals surface area contributed by atoms with E-state index in [1.54, 1.807) is 10.9 Å². The molecule has 1 rings (SSSR count). The average Bonchev–Trinajstić information content (AvgIpc) is 2.36. The molecule has 0 aromatic heterocycles. The topological polar surface area (TPSA) is 104 Å². The summed E-state index contributed by atoms with van der Waals surface area (Å²) in [6, 6.07) is 0. The van der Waals surface area contributed by atoms with Crippen molar-refractivity contribution in [2.75, 3.05) is 0 Å². The molecule has 20 heavy (non-hydrogen) atoms. The van der Waals surface area contributed by atoms with Gasteiger partial charge in [-0.2, -0.15) is 0 Å². The van der Waals surface area contributed by atoms with Gasteiger partial charge in [-0.3, -0.25) is 15.6 Å². The Morgan fingerprint density at radius 1 is 0.950 bits per heavy atom. The number of carbonyl (C=O) groups excluding carboxylic acids is 1. The zero-order valence-electron chi connectivity index (χ0n) is 9.26. The highest BCUT2D eigenvalue weighted by molar-refractivity contribution is 7.80. The monoisotopic (exact) mass is 311 g/mol. The summed E-state index contributed by atoms with van der Waals surface area (Å²) in [6.45, 7) is 0. The number of benzene rings is 1. The number of rotatable bonds is 2. The second-order valence-electron chi connectivity index (χ2n) is 3.25. The molecule has 11 heteroatoms. The van der Waals surface area contributed by atoms with E-state index in [-0.39, 0.29) is 0 Å². The summed E-state index contributed by atoms with van der Waals surface area (Å²) in [7, 11) is 0. The van der Waals surface area contributed by atoms with Crippen LogP contribution >= 0.6 is 12.2 Å². The van der Waals surface area contributed by atoms with Gasteiger partial charge in [0, 0.05) is 0 Å². The van der Waals surface area contributed by atoms with Crippen LogP contribution in [0.5, 0.6) is 0 Å². The molecule has 0 saturated heterocycles. The molecule has 0 bridgehead atoms. The van der Waals surface area contributed by atoms with Crippen LogP contribution in [-0.2, 0) is 0 Å².